The molecular formula is C11H11NO3. The Morgan fingerprint density at radius 3 is 3.07 bits per heavy atom. The number of rotatable bonds is 3. The van der Waals surface area contributed by atoms with Crippen LogP contribution in [0.3, 0.4) is 0 Å². The third kappa shape index (κ3) is 2.80. The normalized spacial score (nSPS) is 15.2. The van der Waals surface area contributed by atoms with E-state index < -0.39 is 6.16 Å². The van der Waals surface area contributed by atoms with Crippen LogP contribution in [0.25, 0.3) is 0 Å². The minimum Gasteiger partial charge on any atom is -0.430 e. The SMILES string of the molecule is O=C1OCC=C(CCc2cccnc2)O1. The van der Waals surface area contributed by atoms with Gasteiger partial charge in [-0.2, -0.15) is 0 Å². The Kier molecular flexibility index (Phi) is 2.97. The largest absolute Gasteiger partial charge is 0.513 e. The van der Waals surface area contributed by atoms with Crippen LogP contribution in [0, 0.1) is 0 Å². The van der Waals surface area contributed by atoms with Crippen molar-refractivity contribution in [1.29, 1.82) is 0 Å². The predicted molar refractivity (Wildman–Crippen MR) is 53.1 cm³/mol. The first-order chi connectivity index (χ1) is 7.34. The molecule has 2 heterocycles. The van der Waals surface area contributed by atoms with Crippen LogP contribution < -0.4 is 0 Å². The Hall–Kier alpha value is -1.84. The molecule has 0 radical (unpaired) electrons. The number of ether oxygens (including phenoxy) is 2. The standard InChI is InChI=1S/C11H11NO3/c13-11-14-7-5-10(15-11)4-3-9-2-1-6-12-8-9/h1-2,5-6,8H,3-4,7H2. The lowest BCUT2D eigenvalue weighted by Crippen LogP contribution is -2.13. The van der Waals surface area contributed by atoms with Crippen LogP contribution in [0.5, 0.6) is 0 Å². The highest BCUT2D eigenvalue weighted by Crippen LogP contribution is 2.13. The summed E-state index contributed by atoms with van der Waals surface area (Å²) in [5, 5.41) is 0. The third-order valence-electron chi connectivity index (χ3n) is 2.11. The topological polar surface area (TPSA) is 48.4 Å². The van der Waals surface area contributed by atoms with Gasteiger partial charge in [0, 0.05) is 18.8 Å². The predicted octanol–water partition coefficient (Wildman–Crippen LogP) is 2.06. The number of pyridine rings is 1. The first-order valence-electron chi connectivity index (χ1n) is 4.77. The van der Waals surface area contributed by atoms with Gasteiger partial charge in [0.1, 0.15) is 12.4 Å². The highest BCUT2D eigenvalue weighted by Gasteiger charge is 2.13. The summed E-state index contributed by atoms with van der Waals surface area (Å²) in [6, 6.07) is 3.88. The summed E-state index contributed by atoms with van der Waals surface area (Å²) in [5.41, 5.74) is 1.13. The number of nitrogens with zero attached hydrogens (tertiary/aromatic N) is 1. The summed E-state index contributed by atoms with van der Waals surface area (Å²) < 4.78 is 9.50. The molecule has 0 aliphatic carbocycles. The third-order valence-corrected chi connectivity index (χ3v) is 2.11. The van der Waals surface area contributed by atoms with Gasteiger partial charge < -0.3 is 9.47 Å². The average molecular weight is 205 g/mol. The lowest BCUT2D eigenvalue weighted by Gasteiger charge is -2.13. The molecule has 0 saturated carbocycles. The highest BCUT2D eigenvalue weighted by atomic mass is 16.7. The van der Waals surface area contributed by atoms with Crippen molar-refractivity contribution in [1.82, 2.24) is 4.98 Å². The molecule has 1 aliphatic heterocycles. The number of cyclic esters (lactones) is 2. The number of carbonyl (C=O) groups excluding carboxylic acids is 1. The smallest absolute Gasteiger partial charge is 0.430 e. The van der Waals surface area contributed by atoms with E-state index in [2.05, 4.69) is 9.72 Å². The minimum atomic E-state index is -0.612. The lowest BCUT2D eigenvalue weighted by molar-refractivity contribution is 0.0706. The Balaban J connectivity index is 1.88. The summed E-state index contributed by atoms with van der Waals surface area (Å²) in [5.74, 6) is 0.676. The first kappa shape index (κ1) is 9.71. The Labute approximate surface area is 87.5 Å². The maximum atomic E-state index is 10.8. The molecule has 0 bridgehead atoms. The molecule has 0 saturated heterocycles. The maximum Gasteiger partial charge on any atom is 0.513 e. The molecule has 2 rings (SSSR count). The average Bonchev–Trinajstić information content (AvgIpc) is 2.28. The summed E-state index contributed by atoms with van der Waals surface area (Å²) in [6.45, 7) is 0.307. The molecule has 78 valence electrons. The van der Waals surface area contributed by atoms with Crippen molar-refractivity contribution in [3.8, 4) is 0 Å². The Morgan fingerprint density at radius 1 is 1.40 bits per heavy atom. The zero-order valence-corrected chi connectivity index (χ0v) is 8.18. The molecule has 1 aromatic heterocycles. The van der Waals surface area contributed by atoms with Crippen molar-refractivity contribution in [2.45, 2.75) is 12.8 Å². The lowest BCUT2D eigenvalue weighted by atomic mass is 10.1. The molecule has 15 heavy (non-hydrogen) atoms. The van der Waals surface area contributed by atoms with Crippen LogP contribution in [0.1, 0.15) is 12.0 Å². The van der Waals surface area contributed by atoms with Gasteiger partial charge in [-0.1, -0.05) is 6.07 Å². The van der Waals surface area contributed by atoms with Crippen molar-refractivity contribution >= 4 is 6.16 Å². The second kappa shape index (κ2) is 4.59. The van der Waals surface area contributed by atoms with E-state index in [0.717, 1.165) is 12.0 Å². The number of aromatic nitrogens is 1. The highest BCUT2D eigenvalue weighted by molar-refractivity contribution is 5.62. The molecule has 1 aliphatic rings. The van der Waals surface area contributed by atoms with Gasteiger partial charge >= 0.3 is 6.16 Å². The number of aryl methyl sites for hydroxylation is 1. The summed E-state index contributed by atoms with van der Waals surface area (Å²) in [7, 11) is 0. The van der Waals surface area contributed by atoms with Crippen molar-refractivity contribution in [2.24, 2.45) is 0 Å². The molecule has 0 spiro atoms. The van der Waals surface area contributed by atoms with E-state index in [1.807, 2.05) is 18.3 Å². The molecule has 0 aromatic carbocycles. The first-order valence-corrected chi connectivity index (χ1v) is 4.77. The molecule has 0 amide bonds. The fourth-order valence-corrected chi connectivity index (χ4v) is 1.35. The zero-order chi connectivity index (χ0) is 10.5. The summed E-state index contributed by atoms with van der Waals surface area (Å²) in [6.07, 6.45) is 6.21. The second-order valence-corrected chi connectivity index (χ2v) is 3.19. The molecule has 1 aromatic rings. The van der Waals surface area contributed by atoms with Gasteiger partial charge in [-0.15, -0.1) is 0 Å². The van der Waals surface area contributed by atoms with Crippen molar-refractivity contribution < 1.29 is 14.3 Å². The molecule has 4 heteroatoms. The quantitative estimate of drug-likeness (QED) is 0.709. The van der Waals surface area contributed by atoms with E-state index in [-0.39, 0.29) is 0 Å². The van der Waals surface area contributed by atoms with E-state index in [1.54, 1.807) is 12.3 Å². The molecule has 0 fully saturated rings. The van der Waals surface area contributed by atoms with Gasteiger partial charge in [0.2, 0.25) is 0 Å². The van der Waals surface area contributed by atoms with Gasteiger partial charge in [0.05, 0.1) is 0 Å². The van der Waals surface area contributed by atoms with Crippen molar-refractivity contribution in [2.75, 3.05) is 6.61 Å². The van der Waals surface area contributed by atoms with E-state index in [9.17, 15) is 4.79 Å². The zero-order valence-electron chi connectivity index (χ0n) is 8.18. The molecular weight excluding hydrogens is 194 g/mol. The van der Waals surface area contributed by atoms with Crippen LogP contribution >= 0.6 is 0 Å². The number of carbonyl (C=O) groups is 1. The minimum absolute atomic E-state index is 0.307. The van der Waals surface area contributed by atoms with Crippen LogP contribution in [0.4, 0.5) is 4.79 Å². The summed E-state index contributed by atoms with van der Waals surface area (Å²) in [4.78, 5) is 14.8. The fourth-order valence-electron chi connectivity index (χ4n) is 1.35. The van der Waals surface area contributed by atoms with Crippen LogP contribution in [-0.2, 0) is 15.9 Å². The number of hydrogen-bond acceptors (Lipinski definition) is 4. The Morgan fingerprint density at radius 2 is 2.33 bits per heavy atom. The van der Waals surface area contributed by atoms with E-state index in [4.69, 9.17) is 4.74 Å². The van der Waals surface area contributed by atoms with Crippen molar-refractivity contribution in [3.05, 3.63) is 41.9 Å². The van der Waals surface area contributed by atoms with E-state index in [0.29, 0.717) is 18.8 Å². The molecule has 4 nitrogen and oxygen atoms in total. The van der Waals surface area contributed by atoms with Gasteiger partial charge in [-0.05, 0) is 24.1 Å². The van der Waals surface area contributed by atoms with Crippen LogP contribution in [0.2, 0.25) is 0 Å². The second-order valence-electron chi connectivity index (χ2n) is 3.19. The molecule has 0 unspecified atom stereocenters. The maximum absolute atomic E-state index is 10.8. The fraction of sp³-hybridized carbons (Fsp3) is 0.273. The van der Waals surface area contributed by atoms with Gasteiger partial charge in [0.25, 0.3) is 0 Å². The van der Waals surface area contributed by atoms with Crippen LogP contribution in [0.15, 0.2) is 36.4 Å². The van der Waals surface area contributed by atoms with E-state index >= 15 is 0 Å². The molecule has 0 atom stereocenters. The summed E-state index contributed by atoms with van der Waals surface area (Å²) >= 11 is 0. The van der Waals surface area contributed by atoms with Gasteiger partial charge in [-0.3, -0.25) is 4.98 Å². The van der Waals surface area contributed by atoms with Gasteiger partial charge in [-0.25, -0.2) is 4.79 Å². The Bertz CT molecular complexity index is 373. The monoisotopic (exact) mass is 205 g/mol. The number of hydrogen-bond donors (Lipinski definition) is 0. The molecule has 0 N–H and O–H groups in total. The van der Waals surface area contributed by atoms with Crippen LogP contribution in [-0.4, -0.2) is 17.7 Å². The van der Waals surface area contributed by atoms with Gasteiger partial charge in [0.15, 0.2) is 0 Å². The van der Waals surface area contributed by atoms with Crippen molar-refractivity contribution in [3.63, 3.8) is 0 Å². The van der Waals surface area contributed by atoms with E-state index in [1.165, 1.54) is 0 Å². The number of allylic oxidation sites excluding steroid dienone is 1.